The van der Waals surface area contributed by atoms with Gasteiger partial charge in [0.2, 0.25) is 10.0 Å². The zero-order chi connectivity index (χ0) is 18.2. The molecule has 2 aliphatic rings. The van der Waals surface area contributed by atoms with Gasteiger partial charge >= 0.3 is 0 Å². The fourth-order valence-electron chi connectivity index (χ4n) is 3.78. The maximum atomic E-state index is 12.9. The number of hydrogen-bond acceptors (Lipinski definition) is 5. The average molecular weight is 382 g/mol. The summed E-state index contributed by atoms with van der Waals surface area (Å²) in [5, 5.41) is 3.17. The van der Waals surface area contributed by atoms with E-state index in [0.717, 1.165) is 32.1 Å². The van der Waals surface area contributed by atoms with Gasteiger partial charge in [0.15, 0.2) is 0 Å². The Morgan fingerprint density at radius 1 is 1.08 bits per heavy atom. The monoisotopic (exact) mass is 381 g/mol. The van der Waals surface area contributed by atoms with Gasteiger partial charge in [0.1, 0.15) is 10.7 Å². The van der Waals surface area contributed by atoms with Crippen molar-refractivity contribution < 1.29 is 13.2 Å². The molecule has 146 valence electrons. The fourth-order valence-corrected chi connectivity index (χ4v) is 5.42. The summed E-state index contributed by atoms with van der Waals surface area (Å²) >= 11 is 0. The van der Waals surface area contributed by atoms with Crippen molar-refractivity contribution in [3.63, 3.8) is 0 Å². The van der Waals surface area contributed by atoms with E-state index in [1.54, 1.807) is 22.6 Å². The van der Waals surface area contributed by atoms with Crippen LogP contribution in [0.2, 0.25) is 0 Å². The number of pyridine rings is 1. The van der Waals surface area contributed by atoms with Crippen molar-refractivity contribution in [1.29, 1.82) is 0 Å². The molecular formula is C19H31N3O3S. The Bertz CT molecular complexity index is 652. The van der Waals surface area contributed by atoms with E-state index >= 15 is 0 Å². The molecule has 26 heavy (non-hydrogen) atoms. The molecule has 0 atom stereocenters. The quantitative estimate of drug-likeness (QED) is 0.579. The van der Waals surface area contributed by atoms with E-state index < -0.39 is 10.0 Å². The molecule has 3 rings (SSSR count). The maximum Gasteiger partial charge on any atom is 0.246 e. The van der Waals surface area contributed by atoms with Crippen molar-refractivity contribution in [2.45, 2.75) is 68.8 Å². The number of nitrogens with one attached hydrogen (secondary N) is 1. The summed E-state index contributed by atoms with van der Waals surface area (Å²) in [5.41, 5.74) is 0. The molecule has 1 saturated carbocycles. The van der Waals surface area contributed by atoms with E-state index in [0.29, 0.717) is 38.2 Å². The van der Waals surface area contributed by atoms with Gasteiger partial charge in [0.25, 0.3) is 0 Å². The van der Waals surface area contributed by atoms with Crippen LogP contribution in [0.25, 0.3) is 0 Å². The van der Waals surface area contributed by atoms with Gasteiger partial charge in [-0.2, -0.15) is 4.31 Å². The second-order valence-corrected chi connectivity index (χ2v) is 9.13. The summed E-state index contributed by atoms with van der Waals surface area (Å²) in [6.45, 7) is 2.34. The molecule has 1 aromatic heterocycles. The lowest BCUT2D eigenvalue weighted by Crippen LogP contribution is -2.36. The summed E-state index contributed by atoms with van der Waals surface area (Å²) in [4.78, 5) is 4.54. The Hall–Kier alpha value is -1.18. The Kier molecular flexibility index (Phi) is 7.28. The molecule has 6 nitrogen and oxygen atoms in total. The first-order chi connectivity index (χ1) is 12.7. The number of piperidine rings is 1. The zero-order valence-electron chi connectivity index (χ0n) is 15.5. The minimum absolute atomic E-state index is 0.274. The van der Waals surface area contributed by atoms with Crippen LogP contribution in [-0.2, 0) is 14.8 Å². The lowest BCUT2D eigenvalue weighted by molar-refractivity contribution is 0.0501. The summed E-state index contributed by atoms with van der Waals surface area (Å²) in [7, 11) is -3.49. The molecule has 7 heteroatoms. The molecule has 0 radical (unpaired) electrons. The molecule has 1 aromatic rings. The highest BCUT2D eigenvalue weighted by Crippen LogP contribution is 2.25. The topological polar surface area (TPSA) is 71.5 Å². The van der Waals surface area contributed by atoms with Gasteiger partial charge in [-0.1, -0.05) is 32.1 Å². The number of anilines is 1. The minimum Gasteiger partial charge on any atom is -0.376 e. The number of sulfonamides is 1. The van der Waals surface area contributed by atoms with Gasteiger partial charge < -0.3 is 10.1 Å². The van der Waals surface area contributed by atoms with E-state index in [1.165, 1.54) is 25.7 Å². The second-order valence-electron chi connectivity index (χ2n) is 7.23. The van der Waals surface area contributed by atoms with Crippen LogP contribution >= 0.6 is 0 Å². The lowest BCUT2D eigenvalue weighted by atomic mass is 10.1. The van der Waals surface area contributed by atoms with Gasteiger partial charge in [-0.3, -0.25) is 0 Å². The van der Waals surface area contributed by atoms with Crippen molar-refractivity contribution in [2.75, 3.05) is 31.6 Å². The highest BCUT2D eigenvalue weighted by molar-refractivity contribution is 7.89. The molecule has 1 aliphatic carbocycles. The van der Waals surface area contributed by atoms with Crippen molar-refractivity contribution in [2.24, 2.45) is 0 Å². The van der Waals surface area contributed by atoms with Gasteiger partial charge in [-0.15, -0.1) is 0 Å². The molecule has 1 N–H and O–H groups in total. The van der Waals surface area contributed by atoms with E-state index in [1.807, 2.05) is 0 Å². The largest absolute Gasteiger partial charge is 0.376 e. The van der Waals surface area contributed by atoms with Gasteiger partial charge in [-0.05, 0) is 37.8 Å². The van der Waals surface area contributed by atoms with Crippen LogP contribution in [0, 0.1) is 0 Å². The molecule has 1 aliphatic heterocycles. The molecule has 2 heterocycles. The normalized spacial score (nSPS) is 20.6. The van der Waals surface area contributed by atoms with E-state index in [4.69, 9.17) is 4.74 Å². The molecule has 0 aromatic carbocycles. The Labute approximate surface area is 157 Å². The summed E-state index contributed by atoms with van der Waals surface area (Å²) in [6, 6.07) is 3.33. The van der Waals surface area contributed by atoms with E-state index in [-0.39, 0.29) is 4.90 Å². The van der Waals surface area contributed by atoms with Crippen LogP contribution in [0.15, 0.2) is 23.2 Å². The first kappa shape index (κ1) is 19.6. The van der Waals surface area contributed by atoms with Gasteiger partial charge in [-0.25, -0.2) is 13.4 Å². The fraction of sp³-hybridized carbons (Fsp3) is 0.737. The maximum absolute atomic E-state index is 12.9. The van der Waals surface area contributed by atoms with Gasteiger partial charge in [0.05, 0.1) is 12.7 Å². The second kappa shape index (κ2) is 9.67. The minimum atomic E-state index is -3.49. The van der Waals surface area contributed by atoms with Crippen molar-refractivity contribution in [3.05, 3.63) is 18.3 Å². The van der Waals surface area contributed by atoms with Crippen LogP contribution in [-0.4, -0.2) is 50.1 Å². The Balaban J connectivity index is 1.56. The standard InChI is InChI=1S/C19H31N3O3S/c23-26(24,22-14-6-3-7-15-22)18-11-8-12-20-19(18)21-13-16-25-17-9-4-1-2-5-10-17/h8,11-12,17H,1-7,9-10,13-16H2,(H,20,21). The third-order valence-electron chi connectivity index (χ3n) is 5.25. The van der Waals surface area contributed by atoms with E-state index in [9.17, 15) is 8.42 Å². The predicted octanol–water partition coefficient (Wildman–Crippen LogP) is 3.41. The van der Waals surface area contributed by atoms with Crippen LogP contribution in [0.3, 0.4) is 0 Å². The number of nitrogens with zero attached hydrogens (tertiary/aromatic N) is 2. The summed E-state index contributed by atoms with van der Waals surface area (Å²) < 4.78 is 33.4. The Morgan fingerprint density at radius 2 is 1.77 bits per heavy atom. The highest BCUT2D eigenvalue weighted by atomic mass is 32.2. The molecule has 0 bridgehead atoms. The molecule has 1 saturated heterocycles. The van der Waals surface area contributed by atoms with E-state index in [2.05, 4.69) is 10.3 Å². The molecule has 0 spiro atoms. The number of aromatic nitrogens is 1. The summed E-state index contributed by atoms with van der Waals surface area (Å²) in [6.07, 6.45) is 12.3. The number of rotatable bonds is 7. The first-order valence-electron chi connectivity index (χ1n) is 9.98. The summed E-state index contributed by atoms with van der Waals surface area (Å²) in [5.74, 6) is 0.433. The molecular weight excluding hydrogens is 350 g/mol. The highest BCUT2D eigenvalue weighted by Gasteiger charge is 2.28. The number of hydrogen-bond donors (Lipinski definition) is 1. The first-order valence-corrected chi connectivity index (χ1v) is 11.4. The predicted molar refractivity (Wildman–Crippen MR) is 103 cm³/mol. The SMILES string of the molecule is O=S(=O)(c1cccnc1NCCOC1CCCCCC1)N1CCCCC1. The smallest absolute Gasteiger partial charge is 0.246 e. The van der Waals surface area contributed by atoms with Crippen molar-refractivity contribution in [3.8, 4) is 0 Å². The lowest BCUT2D eigenvalue weighted by Gasteiger charge is -2.26. The van der Waals surface area contributed by atoms with Crippen LogP contribution < -0.4 is 5.32 Å². The van der Waals surface area contributed by atoms with Crippen LogP contribution in [0.4, 0.5) is 5.82 Å². The Morgan fingerprint density at radius 3 is 2.50 bits per heavy atom. The molecule has 0 amide bonds. The van der Waals surface area contributed by atoms with Crippen molar-refractivity contribution in [1.82, 2.24) is 9.29 Å². The van der Waals surface area contributed by atoms with Crippen LogP contribution in [0.1, 0.15) is 57.8 Å². The third kappa shape index (κ3) is 5.18. The number of ether oxygens (including phenoxy) is 1. The molecule has 0 unspecified atom stereocenters. The van der Waals surface area contributed by atoms with Crippen molar-refractivity contribution >= 4 is 15.8 Å². The van der Waals surface area contributed by atoms with Crippen LogP contribution in [0.5, 0.6) is 0 Å². The van der Waals surface area contributed by atoms with Gasteiger partial charge in [0, 0.05) is 25.8 Å². The zero-order valence-corrected chi connectivity index (χ0v) is 16.3. The average Bonchev–Trinajstić information content (AvgIpc) is 2.95. The third-order valence-corrected chi connectivity index (χ3v) is 7.18. The molecule has 2 fully saturated rings.